The van der Waals surface area contributed by atoms with Gasteiger partial charge in [-0.2, -0.15) is 5.10 Å². The third kappa shape index (κ3) is 2.93. The van der Waals surface area contributed by atoms with Crippen LogP contribution >= 0.6 is 0 Å². The lowest BCUT2D eigenvalue weighted by atomic mass is 10.1. The van der Waals surface area contributed by atoms with Gasteiger partial charge in [0.05, 0.1) is 18.9 Å². The van der Waals surface area contributed by atoms with E-state index < -0.39 is 0 Å². The van der Waals surface area contributed by atoms with Crippen LogP contribution in [0.1, 0.15) is 37.0 Å². The first-order valence-electron chi connectivity index (χ1n) is 8.12. The minimum atomic E-state index is -0.106. The number of carbonyl (C=O) groups excluding carboxylic acids is 2. The molecule has 7 nitrogen and oxygen atoms in total. The number of nitrogens with zero attached hydrogens (tertiary/aromatic N) is 3. The molecule has 3 rings (SSSR count). The van der Waals surface area contributed by atoms with Crippen LogP contribution in [0, 0.1) is 0 Å². The van der Waals surface area contributed by atoms with Crippen LogP contribution in [0.15, 0.2) is 24.5 Å². The van der Waals surface area contributed by atoms with Crippen molar-refractivity contribution in [3.05, 3.63) is 30.1 Å². The van der Waals surface area contributed by atoms with Crippen molar-refractivity contribution in [2.45, 2.75) is 38.8 Å². The predicted molar refractivity (Wildman–Crippen MR) is 89.1 cm³/mol. The molecule has 2 aromatic rings. The number of carbonyl (C=O) groups is 2. The zero-order valence-corrected chi connectivity index (χ0v) is 14.2. The highest BCUT2D eigenvalue weighted by Crippen LogP contribution is 2.25. The number of ether oxygens (including phenoxy) is 1. The molecule has 0 aromatic carbocycles. The average molecular weight is 330 g/mol. The number of nitrogens with one attached hydrogen (secondary N) is 1. The van der Waals surface area contributed by atoms with E-state index in [-0.39, 0.29) is 23.9 Å². The zero-order chi connectivity index (χ0) is 17.3. The summed E-state index contributed by atoms with van der Waals surface area (Å²) in [4.78, 5) is 26.3. The molecule has 3 heterocycles. The van der Waals surface area contributed by atoms with Crippen LogP contribution in [-0.2, 0) is 4.79 Å². The lowest BCUT2D eigenvalue weighted by molar-refractivity contribution is -0.119. The van der Waals surface area contributed by atoms with Crippen molar-refractivity contribution >= 4 is 17.3 Å². The Morgan fingerprint density at radius 1 is 1.54 bits per heavy atom. The zero-order valence-electron chi connectivity index (χ0n) is 14.2. The van der Waals surface area contributed by atoms with E-state index >= 15 is 0 Å². The van der Waals surface area contributed by atoms with Crippen LogP contribution in [0.2, 0.25) is 0 Å². The Kier molecular flexibility index (Phi) is 4.42. The molecule has 1 atom stereocenters. The predicted octanol–water partition coefficient (Wildman–Crippen LogP) is 1.47. The minimum absolute atomic E-state index is 0.00702. The lowest BCUT2D eigenvalue weighted by Crippen LogP contribution is -2.45. The van der Waals surface area contributed by atoms with Crippen LogP contribution in [0.5, 0.6) is 5.75 Å². The number of hydrogen-bond donors (Lipinski definition) is 1. The highest BCUT2D eigenvalue weighted by molar-refractivity contribution is 6.02. The molecule has 1 aliphatic heterocycles. The Bertz CT molecular complexity index is 768. The van der Waals surface area contributed by atoms with Crippen LogP contribution in [0.3, 0.4) is 0 Å². The van der Waals surface area contributed by atoms with E-state index in [2.05, 4.69) is 10.4 Å². The van der Waals surface area contributed by atoms with E-state index in [4.69, 9.17) is 4.74 Å². The average Bonchev–Trinajstić information content (AvgIpc) is 3.17. The van der Waals surface area contributed by atoms with Gasteiger partial charge in [0.1, 0.15) is 11.3 Å². The Balaban J connectivity index is 1.92. The van der Waals surface area contributed by atoms with Crippen molar-refractivity contribution < 1.29 is 14.3 Å². The number of amides is 2. The summed E-state index contributed by atoms with van der Waals surface area (Å²) in [6.07, 6.45) is 4.64. The summed E-state index contributed by atoms with van der Waals surface area (Å²) in [6, 6.07) is 3.65. The molecular formula is C17H22N4O3. The normalized spacial score (nSPS) is 17.3. The molecule has 2 amide bonds. The standard InChI is InChI=1S/C17H22N4O3/c1-11(2)20(10-12-6-7-15(22)19-12)17(23)13-9-18-21-8-4-5-14(24-3)16(13)21/h4-5,8-9,11-12H,6-7,10H2,1-3H3,(H,19,22). The van der Waals surface area contributed by atoms with Crippen LogP contribution < -0.4 is 10.1 Å². The van der Waals surface area contributed by atoms with Gasteiger partial charge in [-0.25, -0.2) is 4.52 Å². The fourth-order valence-electron chi connectivity index (χ4n) is 3.07. The monoisotopic (exact) mass is 330 g/mol. The summed E-state index contributed by atoms with van der Waals surface area (Å²) in [6.45, 7) is 4.43. The quantitative estimate of drug-likeness (QED) is 0.901. The molecule has 1 N–H and O–H groups in total. The second-order valence-corrected chi connectivity index (χ2v) is 6.28. The summed E-state index contributed by atoms with van der Waals surface area (Å²) in [7, 11) is 1.57. The van der Waals surface area contributed by atoms with E-state index in [9.17, 15) is 9.59 Å². The number of aromatic nitrogens is 2. The first kappa shape index (κ1) is 16.3. The molecule has 0 bridgehead atoms. The third-order valence-electron chi connectivity index (χ3n) is 4.34. The largest absolute Gasteiger partial charge is 0.494 e. The van der Waals surface area contributed by atoms with Gasteiger partial charge in [0.15, 0.2) is 0 Å². The van der Waals surface area contributed by atoms with Crippen molar-refractivity contribution in [1.29, 1.82) is 0 Å². The summed E-state index contributed by atoms with van der Waals surface area (Å²) in [5.74, 6) is 0.552. The van der Waals surface area contributed by atoms with Crippen LogP contribution in [-0.4, -0.2) is 52.1 Å². The van der Waals surface area contributed by atoms with E-state index in [0.29, 0.717) is 29.8 Å². The smallest absolute Gasteiger partial charge is 0.258 e. The minimum Gasteiger partial charge on any atom is -0.494 e. The molecule has 7 heteroatoms. The second-order valence-electron chi connectivity index (χ2n) is 6.28. The topological polar surface area (TPSA) is 75.9 Å². The van der Waals surface area contributed by atoms with Crippen molar-refractivity contribution in [1.82, 2.24) is 19.8 Å². The molecule has 24 heavy (non-hydrogen) atoms. The molecule has 1 fully saturated rings. The molecule has 0 saturated carbocycles. The fourth-order valence-corrected chi connectivity index (χ4v) is 3.07. The molecule has 1 saturated heterocycles. The van der Waals surface area contributed by atoms with Gasteiger partial charge in [0, 0.05) is 31.2 Å². The Labute approximate surface area is 140 Å². The van der Waals surface area contributed by atoms with E-state index in [1.807, 2.05) is 26.0 Å². The second kappa shape index (κ2) is 6.51. The van der Waals surface area contributed by atoms with Crippen molar-refractivity contribution in [3.63, 3.8) is 0 Å². The van der Waals surface area contributed by atoms with Gasteiger partial charge >= 0.3 is 0 Å². The summed E-state index contributed by atoms with van der Waals surface area (Å²) < 4.78 is 7.02. The Morgan fingerprint density at radius 2 is 2.33 bits per heavy atom. The van der Waals surface area contributed by atoms with Crippen LogP contribution in [0.25, 0.3) is 5.52 Å². The number of methoxy groups -OCH3 is 1. The Hall–Kier alpha value is -2.57. The SMILES string of the molecule is COc1cccn2ncc(C(=O)N(CC3CCC(=O)N3)C(C)C)c12. The third-order valence-corrected chi connectivity index (χ3v) is 4.34. The van der Waals surface area contributed by atoms with E-state index in [1.54, 1.807) is 28.9 Å². The van der Waals surface area contributed by atoms with Crippen molar-refractivity contribution in [2.75, 3.05) is 13.7 Å². The van der Waals surface area contributed by atoms with Crippen molar-refractivity contribution in [3.8, 4) is 5.75 Å². The Morgan fingerprint density at radius 3 is 2.96 bits per heavy atom. The lowest BCUT2D eigenvalue weighted by Gasteiger charge is -2.29. The summed E-state index contributed by atoms with van der Waals surface area (Å²) in [5, 5.41) is 7.17. The number of hydrogen-bond acceptors (Lipinski definition) is 4. The van der Waals surface area contributed by atoms with E-state index in [1.165, 1.54) is 0 Å². The molecule has 0 radical (unpaired) electrons. The maximum Gasteiger partial charge on any atom is 0.258 e. The van der Waals surface area contributed by atoms with Gasteiger partial charge in [-0.3, -0.25) is 9.59 Å². The first-order valence-corrected chi connectivity index (χ1v) is 8.12. The van der Waals surface area contributed by atoms with E-state index in [0.717, 1.165) is 6.42 Å². The molecule has 0 spiro atoms. The molecule has 1 unspecified atom stereocenters. The molecule has 2 aromatic heterocycles. The fraction of sp³-hybridized carbons (Fsp3) is 0.471. The first-order chi connectivity index (χ1) is 11.5. The maximum atomic E-state index is 13.1. The highest BCUT2D eigenvalue weighted by atomic mass is 16.5. The van der Waals surface area contributed by atoms with Gasteiger partial charge < -0.3 is 15.0 Å². The number of rotatable bonds is 5. The molecular weight excluding hydrogens is 308 g/mol. The number of fused-ring (bicyclic) bond motifs is 1. The van der Waals surface area contributed by atoms with Crippen LogP contribution in [0.4, 0.5) is 0 Å². The highest BCUT2D eigenvalue weighted by Gasteiger charge is 2.29. The molecule has 0 aliphatic carbocycles. The van der Waals surface area contributed by atoms with Gasteiger partial charge in [0.25, 0.3) is 5.91 Å². The maximum absolute atomic E-state index is 13.1. The summed E-state index contributed by atoms with van der Waals surface area (Å²) >= 11 is 0. The van der Waals surface area contributed by atoms with Gasteiger partial charge in [0.2, 0.25) is 5.91 Å². The van der Waals surface area contributed by atoms with Gasteiger partial charge in [-0.15, -0.1) is 0 Å². The van der Waals surface area contributed by atoms with Gasteiger partial charge in [-0.05, 0) is 32.4 Å². The number of pyridine rings is 1. The summed E-state index contributed by atoms with van der Waals surface area (Å²) in [5.41, 5.74) is 1.16. The van der Waals surface area contributed by atoms with Crippen molar-refractivity contribution in [2.24, 2.45) is 0 Å². The molecule has 128 valence electrons. The molecule has 1 aliphatic rings. The van der Waals surface area contributed by atoms with Gasteiger partial charge in [-0.1, -0.05) is 0 Å².